The summed E-state index contributed by atoms with van der Waals surface area (Å²) in [5, 5.41) is 4.23. The fraction of sp³-hybridized carbons (Fsp3) is 0.778. The first-order valence-electron chi connectivity index (χ1n) is 4.62. The van der Waals surface area contributed by atoms with Crippen molar-refractivity contribution in [1.29, 1.82) is 0 Å². The van der Waals surface area contributed by atoms with Gasteiger partial charge in [-0.2, -0.15) is 4.37 Å². The zero-order valence-corrected chi connectivity index (χ0v) is 9.53. The number of aryl methyl sites for hydroxylation is 1. The topological polar surface area (TPSA) is 37.8 Å². The van der Waals surface area contributed by atoms with E-state index >= 15 is 0 Å². The SMILES string of the molecule is CCCc1nsc(NC(C)(C)C)n1. The highest BCUT2D eigenvalue weighted by molar-refractivity contribution is 7.09. The van der Waals surface area contributed by atoms with E-state index in [-0.39, 0.29) is 5.54 Å². The predicted octanol–water partition coefficient (Wildman–Crippen LogP) is 2.70. The largest absolute Gasteiger partial charge is 0.356 e. The number of hydrogen-bond donors (Lipinski definition) is 1. The molecule has 1 aromatic heterocycles. The Kier molecular flexibility index (Phi) is 3.25. The van der Waals surface area contributed by atoms with Crippen molar-refractivity contribution in [3.63, 3.8) is 0 Å². The van der Waals surface area contributed by atoms with E-state index in [1.165, 1.54) is 11.5 Å². The van der Waals surface area contributed by atoms with E-state index in [1.54, 1.807) is 0 Å². The van der Waals surface area contributed by atoms with Gasteiger partial charge in [0.2, 0.25) is 5.13 Å². The van der Waals surface area contributed by atoms with Crippen molar-refractivity contribution in [3.05, 3.63) is 5.82 Å². The van der Waals surface area contributed by atoms with Crippen LogP contribution in [0.4, 0.5) is 5.13 Å². The number of anilines is 1. The van der Waals surface area contributed by atoms with Crippen molar-refractivity contribution in [2.45, 2.75) is 46.1 Å². The molecule has 0 aliphatic heterocycles. The van der Waals surface area contributed by atoms with Crippen LogP contribution in [0.1, 0.15) is 39.9 Å². The van der Waals surface area contributed by atoms with Crippen LogP contribution < -0.4 is 5.32 Å². The van der Waals surface area contributed by atoms with E-state index in [4.69, 9.17) is 0 Å². The molecule has 1 heterocycles. The lowest BCUT2D eigenvalue weighted by Gasteiger charge is -2.18. The van der Waals surface area contributed by atoms with Gasteiger partial charge in [0.05, 0.1) is 0 Å². The van der Waals surface area contributed by atoms with Gasteiger partial charge in [-0.15, -0.1) is 0 Å². The van der Waals surface area contributed by atoms with Crippen LogP contribution in [-0.2, 0) is 6.42 Å². The quantitative estimate of drug-likeness (QED) is 0.813. The lowest BCUT2D eigenvalue weighted by molar-refractivity contribution is 0.632. The second-order valence-electron chi connectivity index (χ2n) is 4.14. The third-order valence-electron chi connectivity index (χ3n) is 1.42. The summed E-state index contributed by atoms with van der Waals surface area (Å²) in [5.74, 6) is 0.958. The van der Waals surface area contributed by atoms with Gasteiger partial charge >= 0.3 is 0 Å². The van der Waals surface area contributed by atoms with E-state index < -0.39 is 0 Å². The van der Waals surface area contributed by atoms with Crippen LogP contribution in [0.3, 0.4) is 0 Å². The summed E-state index contributed by atoms with van der Waals surface area (Å²) in [6.45, 7) is 8.49. The van der Waals surface area contributed by atoms with Gasteiger partial charge in [-0.05, 0) is 27.2 Å². The second kappa shape index (κ2) is 4.05. The molecule has 1 aromatic rings. The Bertz CT molecular complexity index is 262. The van der Waals surface area contributed by atoms with Gasteiger partial charge in [0, 0.05) is 23.5 Å². The van der Waals surface area contributed by atoms with Crippen LogP contribution in [0.2, 0.25) is 0 Å². The van der Waals surface area contributed by atoms with Crippen molar-refractivity contribution >= 4 is 16.7 Å². The summed E-state index contributed by atoms with van der Waals surface area (Å²) < 4.78 is 4.26. The van der Waals surface area contributed by atoms with Crippen LogP contribution in [0, 0.1) is 0 Å². The first-order valence-corrected chi connectivity index (χ1v) is 5.39. The van der Waals surface area contributed by atoms with Crippen LogP contribution >= 0.6 is 11.5 Å². The first kappa shape index (κ1) is 10.4. The van der Waals surface area contributed by atoms with E-state index in [2.05, 4.69) is 42.4 Å². The predicted molar refractivity (Wildman–Crippen MR) is 57.3 cm³/mol. The summed E-state index contributed by atoms with van der Waals surface area (Å²) in [4.78, 5) is 4.38. The van der Waals surface area contributed by atoms with Crippen LogP contribution in [0.25, 0.3) is 0 Å². The van der Waals surface area contributed by atoms with Crippen LogP contribution in [0.5, 0.6) is 0 Å². The maximum atomic E-state index is 4.38. The number of aromatic nitrogens is 2. The van der Waals surface area contributed by atoms with Gasteiger partial charge in [-0.25, -0.2) is 4.98 Å². The Hall–Kier alpha value is -0.640. The standard InChI is InChI=1S/C9H17N3S/c1-5-6-7-10-8(13-12-7)11-9(2,3)4/h5-6H2,1-4H3,(H,10,11,12). The monoisotopic (exact) mass is 199 g/mol. The fourth-order valence-electron chi connectivity index (χ4n) is 0.951. The normalized spacial score (nSPS) is 11.7. The molecular formula is C9H17N3S. The molecule has 0 saturated carbocycles. The molecule has 74 valence electrons. The Morgan fingerprint density at radius 1 is 1.38 bits per heavy atom. The highest BCUT2D eigenvalue weighted by atomic mass is 32.1. The van der Waals surface area contributed by atoms with E-state index in [1.807, 2.05) is 0 Å². The van der Waals surface area contributed by atoms with Crippen molar-refractivity contribution in [2.24, 2.45) is 0 Å². The van der Waals surface area contributed by atoms with Gasteiger partial charge in [-0.3, -0.25) is 0 Å². The third-order valence-corrected chi connectivity index (χ3v) is 2.09. The summed E-state index contributed by atoms with van der Waals surface area (Å²) in [6.07, 6.45) is 2.08. The highest BCUT2D eigenvalue weighted by Crippen LogP contribution is 2.17. The minimum absolute atomic E-state index is 0.0724. The molecule has 0 unspecified atom stereocenters. The Balaban J connectivity index is 2.59. The van der Waals surface area contributed by atoms with Gasteiger partial charge in [0.15, 0.2) is 0 Å². The highest BCUT2D eigenvalue weighted by Gasteiger charge is 2.12. The van der Waals surface area contributed by atoms with Crippen molar-refractivity contribution in [3.8, 4) is 0 Å². The minimum atomic E-state index is 0.0724. The fourth-order valence-corrected chi connectivity index (χ4v) is 1.77. The van der Waals surface area contributed by atoms with E-state index in [0.29, 0.717) is 0 Å². The zero-order chi connectivity index (χ0) is 9.90. The van der Waals surface area contributed by atoms with Gasteiger partial charge in [-0.1, -0.05) is 6.92 Å². The number of nitrogens with zero attached hydrogens (tertiary/aromatic N) is 2. The average Bonchev–Trinajstić information content (AvgIpc) is 2.33. The molecule has 0 bridgehead atoms. The summed E-state index contributed by atoms with van der Waals surface area (Å²) in [5.41, 5.74) is 0.0724. The third kappa shape index (κ3) is 3.72. The number of hydrogen-bond acceptors (Lipinski definition) is 4. The lowest BCUT2D eigenvalue weighted by Crippen LogP contribution is -2.25. The lowest BCUT2D eigenvalue weighted by atomic mass is 10.1. The maximum Gasteiger partial charge on any atom is 0.202 e. The van der Waals surface area contributed by atoms with Gasteiger partial charge in [0.1, 0.15) is 5.82 Å². The van der Waals surface area contributed by atoms with Gasteiger partial charge in [0.25, 0.3) is 0 Å². The molecule has 0 saturated heterocycles. The van der Waals surface area contributed by atoms with Crippen LogP contribution in [-0.4, -0.2) is 14.9 Å². The summed E-state index contributed by atoms with van der Waals surface area (Å²) >= 11 is 1.44. The molecule has 4 heteroatoms. The molecule has 0 aliphatic carbocycles. The van der Waals surface area contributed by atoms with Crippen molar-refractivity contribution < 1.29 is 0 Å². The average molecular weight is 199 g/mol. The molecule has 1 N–H and O–H groups in total. The first-order chi connectivity index (χ1) is 6.01. The molecule has 0 spiro atoms. The Morgan fingerprint density at radius 3 is 2.62 bits per heavy atom. The molecule has 0 atom stereocenters. The molecule has 13 heavy (non-hydrogen) atoms. The van der Waals surface area contributed by atoms with Crippen molar-refractivity contribution in [2.75, 3.05) is 5.32 Å². The molecule has 0 aliphatic rings. The summed E-state index contributed by atoms with van der Waals surface area (Å²) in [6, 6.07) is 0. The Labute approximate surface area is 83.8 Å². The Morgan fingerprint density at radius 2 is 2.08 bits per heavy atom. The molecule has 0 radical (unpaired) electrons. The maximum absolute atomic E-state index is 4.38. The van der Waals surface area contributed by atoms with Crippen molar-refractivity contribution in [1.82, 2.24) is 9.36 Å². The van der Waals surface area contributed by atoms with E-state index in [9.17, 15) is 0 Å². The smallest absolute Gasteiger partial charge is 0.202 e. The second-order valence-corrected chi connectivity index (χ2v) is 4.89. The summed E-state index contributed by atoms with van der Waals surface area (Å²) in [7, 11) is 0. The molecule has 0 aromatic carbocycles. The minimum Gasteiger partial charge on any atom is -0.356 e. The molecule has 0 amide bonds. The molecule has 3 nitrogen and oxygen atoms in total. The number of rotatable bonds is 3. The molecule has 1 rings (SSSR count). The molecular weight excluding hydrogens is 182 g/mol. The van der Waals surface area contributed by atoms with Crippen LogP contribution in [0.15, 0.2) is 0 Å². The zero-order valence-electron chi connectivity index (χ0n) is 8.72. The number of nitrogens with one attached hydrogen (secondary N) is 1. The van der Waals surface area contributed by atoms with E-state index in [0.717, 1.165) is 23.8 Å². The molecule has 0 fully saturated rings. The van der Waals surface area contributed by atoms with Gasteiger partial charge < -0.3 is 5.32 Å².